The van der Waals surface area contributed by atoms with E-state index < -0.39 is 0 Å². The largest absolute Gasteiger partial charge is 0.454 e. The third kappa shape index (κ3) is 2.55. The predicted octanol–water partition coefficient (Wildman–Crippen LogP) is 2.67. The van der Waals surface area contributed by atoms with Crippen LogP contribution in [0.4, 0.5) is 0 Å². The van der Waals surface area contributed by atoms with Gasteiger partial charge in [-0.05, 0) is 51.9 Å². The molecule has 2 atom stereocenters. The molecule has 1 aromatic rings. The monoisotopic (exact) mass is 275 g/mol. The maximum absolute atomic E-state index is 6.13. The number of nitrogens with two attached hydrogens (primary N) is 1. The van der Waals surface area contributed by atoms with Crippen LogP contribution in [0.25, 0.3) is 0 Å². The Bertz CT molecular complexity index is 296. The van der Waals surface area contributed by atoms with Gasteiger partial charge < -0.3 is 10.2 Å². The van der Waals surface area contributed by atoms with E-state index in [1.54, 1.807) is 0 Å². The minimum absolute atomic E-state index is 0.253. The molecule has 0 bridgehead atoms. The summed E-state index contributed by atoms with van der Waals surface area (Å²) in [6, 6.07) is 4.17. The molecule has 0 aromatic carbocycles. The smallest absolute Gasteiger partial charge is 0.169 e. The number of hydrogen-bond acceptors (Lipinski definition) is 3. The van der Waals surface area contributed by atoms with E-state index in [1.165, 1.54) is 17.9 Å². The number of halogens is 1. The first-order valence-electron chi connectivity index (χ1n) is 4.83. The second-order valence-electron chi connectivity index (χ2n) is 3.70. The Kier molecular flexibility index (Phi) is 3.57. The van der Waals surface area contributed by atoms with Gasteiger partial charge in [-0.3, -0.25) is 0 Å². The van der Waals surface area contributed by atoms with E-state index in [0.29, 0.717) is 5.92 Å². The van der Waals surface area contributed by atoms with E-state index in [-0.39, 0.29) is 6.04 Å². The number of furan rings is 1. The molecular weight excluding hydrogens is 262 g/mol. The highest BCUT2D eigenvalue weighted by atomic mass is 79.9. The van der Waals surface area contributed by atoms with Gasteiger partial charge in [-0.25, -0.2) is 0 Å². The predicted molar refractivity (Wildman–Crippen MR) is 63.5 cm³/mol. The molecule has 1 fully saturated rings. The third-order valence-electron chi connectivity index (χ3n) is 2.64. The van der Waals surface area contributed by atoms with Gasteiger partial charge in [0.15, 0.2) is 4.67 Å². The number of rotatable bonds is 3. The molecule has 2 heterocycles. The number of hydrogen-bond donors (Lipinski definition) is 1. The van der Waals surface area contributed by atoms with Crippen LogP contribution in [-0.4, -0.2) is 17.5 Å². The van der Waals surface area contributed by atoms with Crippen LogP contribution < -0.4 is 5.73 Å². The third-order valence-corrected chi connectivity index (χ3v) is 4.25. The van der Waals surface area contributed by atoms with Crippen molar-refractivity contribution in [2.45, 2.75) is 18.9 Å². The van der Waals surface area contributed by atoms with Crippen molar-refractivity contribution in [2.75, 3.05) is 11.5 Å². The van der Waals surface area contributed by atoms with Crippen molar-refractivity contribution in [3.63, 3.8) is 0 Å². The average molecular weight is 276 g/mol. The Morgan fingerprint density at radius 3 is 3.07 bits per heavy atom. The maximum atomic E-state index is 6.13. The van der Waals surface area contributed by atoms with E-state index in [1.807, 2.05) is 23.9 Å². The van der Waals surface area contributed by atoms with E-state index in [9.17, 15) is 0 Å². The summed E-state index contributed by atoms with van der Waals surface area (Å²) in [5, 5.41) is 0. The molecule has 4 heteroatoms. The lowest BCUT2D eigenvalue weighted by Crippen LogP contribution is -2.32. The van der Waals surface area contributed by atoms with Crippen LogP contribution >= 0.6 is 27.7 Å². The topological polar surface area (TPSA) is 39.2 Å². The zero-order valence-corrected chi connectivity index (χ0v) is 10.3. The molecule has 2 nitrogen and oxygen atoms in total. The molecule has 14 heavy (non-hydrogen) atoms. The van der Waals surface area contributed by atoms with E-state index in [2.05, 4.69) is 15.9 Å². The fourth-order valence-corrected chi connectivity index (χ4v) is 3.44. The van der Waals surface area contributed by atoms with E-state index in [0.717, 1.165) is 16.9 Å². The lowest BCUT2D eigenvalue weighted by Gasteiger charge is -2.16. The van der Waals surface area contributed by atoms with Gasteiger partial charge in [-0.1, -0.05) is 0 Å². The van der Waals surface area contributed by atoms with Gasteiger partial charge in [-0.2, -0.15) is 11.8 Å². The van der Waals surface area contributed by atoms with Crippen molar-refractivity contribution in [3.8, 4) is 0 Å². The van der Waals surface area contributed by atoms with Crippen LogP contribution in [0.3, 0.4) is 0 Å². The molecule has 0 aliphatic carbocycles. The van der Waals surface area contributed by atoms with Gasteiger partial charge in [0.1, 0.15) is 5.76 Å². The molecule has 1 aromatic heterocycles. The normalized spacial score (nSPS) is 24.0. The minimum Gasteiger partial charge on any atom is -0.454 e. The molecule has 2 rings (SSSR count). The lowest BCUT2D eigenvalue weighted by molar-refractivity contribution is 0.409. The fourth-order valence-electron chi connectivity index (χ4n) is 1.75. The van der Waals surface area contributed by atoms with Gasteiger partial charge >= 0.3 is 0 Å². The highest BCUT2D eigenvalue weighted by Gasteiger charge is 2.23. The molecular formula is C10H14BrNOS. The Labute approximate surface area is 96.7 Å². The molecule has 2 N–H and O–H groups in total. The summed E-state index contributed by atoms with van der Waals surface area (Å²) in [6.07, 6.45) is 2.12. The Hall–Kier alpha value is 0.0700. The van der Waals surface area contributed by atoms with Crippen molar-refractivity contribution in [1.29, 1.82) is 0 Å². The van der Waals surface area contributed by atoms with Gasteiger partial charge in [-0.15, -0.1) is 0 Å². The summed E-state index contributed by atoms with van der Waals surface area (Å²) in [6.45, 7) is 0. The molecule has 1 aliphatic rings. The molecule has 0 amide bonds. The van der Waals surface area contributed by atoms with Crippen molar-refractivity contribution in [3.05, 3.63) is 22.6 Å². The van der Waals surface area contributed by atoms with Crippen LogP contribution in [0.2, 0.25) is 0 Å². The van der Waals surface area contributed by atoms with Crippen molar-refractivity contribution < 1.29 is 4.42 Å². The van der Waals surface area contributed by atoms with Crippen LogP contribution in [0.1, 0.15) is 12.2 Å². The fraction of sp³-hybridized carbons (Fsp3) is 0.600. The molecule has 0 saturated carbocycles. The molecule has 0 spiro atoms. The summed E-state index contributed by atoms with van der Waals surface area (Å²) >= 11 is 5.30. The highest BCUT2D eigenvalue weighted by Crippen LogP contribution is 2.27. The second kappa shape index (κ2) is 4.73. The Morgan fingerprint density at radius 1 is 1.64 bits per heavy atom. The van der Waals surface area contributed by atoms with Crippen LogP contribution in [0.5, 0.6) is 0 Å². The molecule has 0 radical (unpaired) electrons. The SMILES string of the molecule is NC(Cc1ccc(Br)o1)C1CCSC1. The molecule has 78 valence electrons. The summed E-state index contributed by atoms with van der Waals surface area (Å²) in [5.74, 6) is 4.13. The van der Waals surface area contributed by atoms with Gasteiger partial charge in [0.25, 0.3) is 0 Å². The first-order valence-corrected chi connectivity index (χ1v) is 6.78. The van der Waals surface area contributed by atoms with Crippen molar-refractivity contribution in [1.82, 2.24) is 0 Å². The van der Waals surface area contributed by atoms with Crippen LogP contribution in [0.15, 0.2) is 21.2 Å². The standard InChI is InChI=1S/C10H14BrNOS/c11-10-2-1-8(13-10)5-9(12)7-3-4-14-6-7/h1-2,7,9H,3-6,12H2. The minimum atomic E-state index is 0.253. The van der Waals surface area contributed by atoms with Gasteiger partial charge in [0, 0.05) is 12.5 Å². The first-order chi connectivity index (χ1) is 6.75. The zero-order valence-electron chi connectivity index (χ0n) is 7.91. The summed E-state index contributed by atoms with van der Waals surface area (Å²) in [7, 11) is 0. The molecule has 2 unspecified atom stereocenters. The van der Waals surface area contributed by atoms with Crippen LogP contribution in [0, 0.1) is 5.92 Å². The quantitative estimate of drug-likeness (QED) is 0.922. The van der Waals surface area contributed by atoms with Crippen LogP contribution in [-0.2, 0) is 6.42 Å². The highest BCUT2D eigenvalue weighted by molar-refractivity contribution is 9.10. The van der Waals surface area contributed by atoms with Crippen molar-refractivity contribution >= 4 is 27.7 Å². The maximum Gasteiger partial charge on any atom is 0.169 e. The van der Waals surface area contributed by atoms with Gasteiger partial charge in [0.2, 0.25) is 0 Å². The van der Waals surface area contributed by atoms with Gasteiger partial charge in [0.05, 0.1) is 0 Å². The average Bonchev–Trinajstić information content (AvgIpc) is 2.75. The van der Waals surface area contributed by atoms with E-state index >= 15 is 0 Å². The second-order valence-corrected chi connectivity index (χ2v) is 5.63. The Balaban J connectivity index is 1.90. The molecule has 1 saturated heterocycles. The molecule has 1 aliphatic heterocycles. The Morgan fingerprint density at radius 2 is 2.50 bits per heavy atom. The summed E-state index contributed by atoms with van der Waals surface area (Å²) in [5.41, 5.74) is 6.13. The number of thioether (sulfide) groups is 1. The summed E-state index contributed by atoms with van der Waals surface area (Å²) in [4.78, 5) is 0. The summed E-state index contributed by atoms with van der Waals surface area (Å²) < 4.78 is 6.24. The van der Waals surface area contributed by atoms with Crippen molar-refractivity contribution in [2.24, 2.45) is 11.7 Å². The lowest BCUT2D eigenvalue weighted by atomic mass is 9.96. The van der Waals surface area contributed by atoms with E-state index in [4.69, 9.17) is 10.2 Å². The zero-order chi connectivity index (χ0) is 9.97. The first kappa shape index (κ1) is 10.6.